The molecule has 0 bridgehead atoms. The van der Waals surface area contributed by atoms with E-state index in [4.69, 9.17) is 0 Å². The largest absolute Gasteiger partial charge is 0.136 e. The molecule has 0 saturated carbocycles. The lowest BCUT2D eigenvalue weighted by Crippen LogP contribution is -1.75. The number of hydrogen-bond donors (Lipinski definition) is 0. The predicted octanol–water partition coefficient (Wildman–Crippen LogP) is 3.83. The Hall–Kier alpha value is -2.97. The van der Waals surface area contributed by atoms with Gasteiger partial charge in [0.15, 0.2) is 0 Å². The third kappa shape index (κ3) is 7.55. The molecule has 108 valence electrons. The molecule has 0 saturated heterocycles. The summed E-state index contributed by atoms with van der Waals surface area (Å²) in [5.74, 6) is 24.9. The van der Waals surface area contributed by atoms with E-state index in [1.165, 1.54) is 0 Å². The van der Waals surface area contributed by atoms with Crippen LogP contribution in [-0.4, -0.2) is 11.5 Å². The van der Waals surface area contributed by atoms with Gasteiger partial charge in [-0.2, -0.15) is 0 Å². The standard InChI is InChI=1S/C22H14S/c1-5-13-21(14-6-1)17-9-3-11-19-23-20-12-4-10-18-22-15-7-2-8-16-22/h1-2,5-8,13-16H,19-20H2. The van der Waals surface area contributed by atoms with Crippen LogP contribution >= 0.6 is 11.8 Å². The first-order valence-electron chi connectivity index (χ1n) is 7.11. The Bertz CT molecular complexity index is 774. The van der Waals surface area contributed by atoms with Crippen molar-refractivity contribution in [2.45, 2.75) is 0 Å². The summed E-state index contributed by atoms with van der Waals surface area (Å²) in [7, 11) is 0. The average Bonchev–Trinajstić information content (AvgIpc) is 2.61. The Morgan fingerprint density at radius 3 is 1.43 bits per heavy atom. The van der Waals surface area contributed by atoms with Crippen molar-refractivity contribution in [3.8, 4) is 47.4 Å². The molecule has 0 fully saturated rings. The molecule has 0 aromatic heterocycles. The number of hydrogen-bond acceptors (Lipinski definition) is 1. The fraction of sp³-hybridized carbons (Fsp3) is 0.0909. The van der Waals surface area contributed by atoms with E-state index in [1.807, 2.05) is 60.7 Å². The third-order valence-corrected chi connectivity index (χ3v) is 3.31. The van der Waals surface area contributed by atoms with Gasteiger partial charge in [-0.3, -0.25) is 0 Å². The molecule has 0 radical (unpaired) electrons. The number of rotatable bonds is 2. The lowest BCUT2D eigenvalue weighted by atomic mass is 10.2. The summed E-state index contributed by atoms with van der Waals surface area (Å²) in [6.07, 6.45) is 0. The van der Waals surface area contributed by atoms with Gasteiger partial charge < -0.3 is 0 Å². The molecule has 0 nitrogen and oxygen atoms in total. The zero-order valence-electron chi connectivity index (χ0n) is 12.6. The number of benzene rings is 2. The van der Waals surface area contributed by atoms with Crippen molar-refractivity contribution in [1.29, 1.82) is 0 Å². The van der Waals surface area contributed by atoms with Crippen LogP contribution in [0.1, 0.15) is 11.1 Å². The minimum Gasteiger partial charge on any atom is -0.136 e. The van der Waals surface area contributed by atoms with Crippen molar-refractivity contribution in [1.82, 2.24) is 0 Å². The van der Waals surface area contributed by atoms with Gasteiger partial charge in [0.25, 0.3) is 0 Å². The molecule has 1 heteroatoms. The van der Waals surface area contributed by atoms with Crippen molar-refractivity contribution < 1.29 is 0 Å². The quantitative estimate of drug-likeness (QED) is 0.600. The number of thioether (sulfide) groups is 1. The highest BCUT2D eigenvalue weighted by atomic mass is 32.2. The summed E-state index contributed by atoms with van der Waals surface area (Å²) in [6.45, 7) is 0. The Morgan fingerprint density at radius 1 is 0.565 bits per heavy atom. The Labute approximate surface area is 142 Å². The highest BCUT2D eigenvalue weighted by Crippen LogP contribution is 1.96. The van der Waals surface area contributed by atoms with Crippen molar-refractivity contribution >= 4 is 11.8 Å². The van der Waals surface area contributed by atoms with E-state index in [0.29, 0.717) is 0 Å². The topological polar surface area (TPSA) is 0 Å². The summed E-state index contributed by atoms with van der Waals surface area (Å²) in [5.41, 5.74) is 1.97. The second kappa shape index (κ2) is 10.7. The summed E-state index contributed by atoms with van der Waals surface area (Å²) in [6, 6.07) is 19.7. The maximum Gasteiger partial charge on any atom is 0.0567 e. The molecule has 2 rings (SSSR count). The molecule has 0 heterocycles. The molecule has 23 heavy (non-hydrogen) atoms. The summed E-state index contributed by atoms with van der Waals surface area (Å²) < 4.78 is 0. The van der Waals surface area contributed by atoms with Gasteiger partial charge in [0.05, 0.1) is 11.5 Å². The molecule has 2 aromatic carbocycles. The Kier molecular flexibility index (Phi) is 7.64. The van der Waals surface area contributed by atoms with Crippen LogP contribution in [0.2, 0.25) is 0 Å². The molecule has 0 atom stereocenters. The molecule has 0 N–H and O–H groups in total. The molecular weight excluding hydrogens is 296 g/mol. The molecule has 0 unspecified atom stereocenters. The first-order chi connectivity index (χ1) is 11.4. The lowest BCUT2D eigenvalue weighted by Gasteiger charge is -1.84. The lowest BCUT2D eigenvalue weighted by molar-refractivity contribution is 1.65. The molecule has 0 aliphatic carbocycles. The Balaban J connectivity index is 1.66. The van der Waals surface area contributed by atoms with E-state index in [9.17, 15) is 0 Å². The highest BCUT2D eigenvalue weighted by molar-refractivity contribution is 7.99. The van der Waals surface area contributed by atoms with Crippen LogP contribution in [0.15, 0.2) is 60.7 Å². The van der Waals surface area contributed by atoms with E-state index in [1.54, 1.807) is 11.8 Å². The Morgan fingerprint density at radius 2 is 1.00 bits per heavy atom. The fourth-order valence-electron chi connectivity index (χ4n) is 1.56. The van der Waals surface area contributed by atoms with E-state index in [-0.39, 0.29) is 0 Å². The van der Waals surface area contributed by atoms with E-state index >= 15 is 0 Å². The van der Waals surface area contributed by atoms with Gasteiger partial charge in [0.1, 0.15) is 0 Å². The third-order valence-electron chi connectivity index (χ3n) is 2.61. The fourth-order valence-corrected chi connectivity index (χ4v) is 2.01. The van der Waals surface area contributed by atoms with Crippen LogP contribution in [0.4, 0.5) is 0 Å². The normalized spacial score (nSPS) is 8.00. The zero-order chi connectivity index (χ0) is 16.0. The van der Waals surface area contributed by atoms with Crippen LogP contribution in [0.5, 0.6) is 0 Å². The van der Waals surface area contributed by atoms with Gasteiger partial charge in [0, 0.05) is 11.1 Å². The average molecular weight is 310 g/mol. The van der Waals surface area contributed by atoms with Crippen LogP contribution in [0.25, 0.3) is 0 Å². The van der Waals surface area contributed by atoms with E-state index in [2.05, 4.69) is 47.4 Å². The molecule has 0 aliphatic heterocycles. The van der Waals surface area contributed by atoms with E-state index in [0.717, 1.165) is 22.6 Å². The molecular formula is C22H14S. The second-order valence-electron chi connectivity index (χ2n) is 4.33. The van der Waals surface area contributed by atoms with Gasteiger partial charge in [0.2, 0.25) is 0 Å². The summed E-state index contributed by atoms with van der Waals surface area (Å²) in [5, 5.41) is 0. The first-order valence-corrected chi connectivity index (χ1v) is 8.26. The van der Waals surface area contributed by atoms with Gasteiger partial charge in [-0.15, -0.1) is 11.8 Å². The SMILES string of the molecule is C(C#Cc1ccccc1)#CCSCC#CC#Cc1ccccc1. The smallest absolute Gasteiger partial charge is 0.0567 e. The zero-order valence-corrected chi connectivity index (χ0v) is 13.4. The first kappa shape index (κ1) is 16.4. The molecule has 0 spiro atoms. The van der Waals surface area contributed by atoms with Crippen molar-refractivity contribution in [2.75, 3.05) is 11.5 Å². The van der Waals surface area contributed by atoms with Crippen LogP contribution in [0.3, 0.4) is 0 Å². The van der Waals surface area contributed by atoms with Gasteiger partial charge in [-0.1, -0.05) is 60.1 Å². The van der Waals surface area contributed by atoms with Crippen LogP contribution < -0.4 is 0 Å². The molecule has 0 amide bonds. The van der Waals surface area contributed by atoms with Crippen LogP contribution in [0, 0.1) is 47.4 Å². The maximum atomic E-state index is 3.01. The van der Waals surface area contributed by atoms with Gasteiger partial charge in [-0.25, -0.2) is 0 Å². The van der Waals surface area contributed by atoms with Crippen molar-refractivity contribution in [2.24, 2.45) is 0 Å². The van der Waals surface area contributed by atoms with Gasteiger partial charge in [-0.05, 0) is 47.9 Å². The molecule has 2 aromatic rings. The second-order valence-corrected chi connectivity index (χ2v) is 5.31. The van der Waals surface area contributed by atoms with Gasteiger partial charge >= 0.3 is 0 Å². The highest BCUT2D eigenvalue weighted by Gasteiger charge is 1.81. The van der Waals surface area contributed by atoms with Crippen molar-refractivity contribution in [3.05, 3.63) is 71.8 Å². The minimum atomic E-state index is 0.726. The van der Waals surface area contributed by atoms with Crippen LogP contribution in [-0.2, 0) is 0 Å². The monoisotopic (exact) mass is 310 g/mol. The summed E-state index contributed by atoms with van der Waals surface area (Å²) >= 11 is 1.66. The molecule has 0 aliphatic rings. The summed E-state index contributed by atoms with van der Waals surface area (Å²) in [4.78, 5) is 0. The maximum absolute atomic E-state index is 3.01. The predicted molar refractivity (Wildman–Crippen MR) is 99.5 cm³/mol. The van der Waals surface area contributed by atoms with E-state index < -0.39 is 0 Å². The van der Waals surface area contributed by atoms with Crippen molar-refractivity contribution in [3.63, 3.8) is 0 Å². The minimum absolute atomic E-state index is 0.726.